The van der Waals surface area contributed by atoms with Crippen LogP contribution in [0.25, 0.3) is 0 Å². The fourth-order valence-electron chi connectivity index (χ4n) is 3.53. The smallest absolute Gasteiger partial charge is 0.238 e. The van der Waals surface area contributed by atoms with E-state index in [9.17, 15) is 14.0 Å². The second-order valence-electron chi connectivity index (χ2n) is 7.42. The molecule has 1 saturated heterocycles. The maximum atomic E-state index is 13.2. The molecule has 0 unspecified atom stereocenters. The van der Waals surface area contributed by atoms with Gasteiger partial charge >= 0.3 is 0 Å². The van der Waals surface area contributed by atoms with Crippen molar-refractivity contribution in [3.05, 3.63) is 59.4 Å². The van der Waals surface area contributed by atoms with Crippen molar-refractivity contribution in [3.63, 3.8) is 0 Å². The highest BCUT2D eigenvalue weighted by atomic mass is 19.1. The van der Waals surface area contributed by atoms with Gasteiger partial charge in [-0.05, 0) is 50.2 Å². The Morgan fingerprint density at radius 3 is 2.47 bits per heavy atom. The largest absolute Gasteiger partial charge is 0.494 e. The van der Waals surface area contributed by atoms with Gasteiger partial charge in [-0.2, -0.15) is 0 Å². The molecular weight excluding hydrogens is 385 g/mol. The van der Waals surface area contributed by atoms with Gasteiger partial charge in [-0.1, -0.05) is 6.07 Å². The number of piperazine rings is 1. The molecule has 1 aliphatic heterocycles. The fourth-order valence-corrected chi connectivity index (χ4v) is 3.53. The first kappa shape index (κ1) is 21.9. The molecule has 0 aliphatic carbocycles. The Morgan fingerprint density at radius 1 is 1.07 bits per heavy atom. The van der Waals surface area contributed by atoms with Crippen LogP contribution in [0.15, 0.2) is 42.5 Å². The lowest BCUT2D eigenvalue weighted by atomic mass is 10.1. The van der Waals surface area contributed by atoms with Gasteiger partial charge in [0.05, 0.1) is 13.2 Å². The van der Waals surface area contributed by atoms with Crippen molar-refractivity contribution in [2.45, 2.75) is 20.4 Å². The van der Waals surface area contributed by atoms with E-state index in [0.29, 0.717) is 24.4 Å². The minimum absolute atomic E-state index is 0.0356. The Balaban J connectivity index is 1.52. The third-order valence-corrected chi connectivity index (χ3v) is 5.10. The summed E-state index contributed by atoms with van der Waals surface area (Å²) in [5.74, 6) is 0.316. The van der Waals surface area contributed by atoms with Crippen LogP contribution in [-0.2, 0) is 11.3 Å². The number of benzene rings is 2. The molecular formula is C23H28FN3O3. The van der Waals surface area contributed by atoms with E-state index in [2.05, 4.69) is 15.1 Å². The summed E-state index contributed by atoms with van der Waals surface area (Å²) in [5, 5.41) is 2.74. The van der Waals surface area contributed by atoms with Crippen LogP contribution >= 0.6 is 0 Å². The minimum Gasteiger partial charge on any atom is -0.494 e. The second kappa shape index (κ2) is 10.3. The Bertz CT molecular complexity index is 895. The summed E-state index contributed by atoms with van der Waals surface area (Å²) in [4.78, 5) is 28.4. The SMILES string of the molecule is CCOc1ccc(C(C)=O)cc1CN1CCN(CC(=O)Nc2cccc(F)c2)CC1. The van der Waals surface area contributed by atoms with Gasteiger partial charge in [-0.15, -0.1) is 0 Å². The number of rotatable bonds is 8. The third kappa shape index (κ3) is 6.11. The number of Topliss-reactive ketones (excluding diaryl/α,β-unsaturated/α-hetero) is 1. The van der Waals surface area contributed by atoms with Crippen LogP contribution < -0.4 is 10.1 Å². The van der Waals surface area contributed by atoms with Gasteiger partial charge in [0.1, 0.15) is 11.6 Å². The van der Waals surface area contributed by atoms with Gasteiger partial charge < -0.3 is 10.1 Å². The van der Waals surface area contributed by atoms with Crippen molar-refractivity contribution in [2.24, 2.45) is 0 Å². The number of hydrogen-bond acceptors (Lipinski definition) is 5. The number of nitrogens with zero attached hydrogens (tertiary/aromatic N) is 2. The summed E-state index contributed by atoms with van der Waals surface area (Å²) in [6, 6.07) is 11.5. The number of amides is 1. The second-order valence-corrected chi connectivity index (χ2v) is 7.42. The summed E-state index contributed by atoms with van der Waals surface area (Å²) in [6.07, 6.45) is 0. The van der Waals surface area contributed by atoms with Crippen molar-refractivity contribution in [2.75, 3.05) is 44.6 Å². The molecule has 0 aromatic heterocycles. The third-order valence-electron chi connectivity index (χ3n) is 5.10. The molecule has 7 heteroatoms. The first-order chi connectivity index (χ1) is 14.4. The quantitative estimate of drug-likeness (QED) is 0.674. The number of carbonyl (C=O) groups excluding carboxylic acids is 2. The first-order valence-corrected chi connectivity index (χ1v) is 10.2. The van der Waals surface area contributed by atoms with E-state index in [4.69, 9.17) is 4.74 Å². The topological polar surface area (TPSA) is 61.9 Å². The van der Waals surface area contributed by atoms with Gasteiger partial charge in [-0.25, -0.2) is 4.39 Å². The van der Waals surface area contributed by atoms with Crippen molar-refractivity contribution < 1.29 is 18.7 Å². The highest BCUT2D eigenvalue weighted by molar-refractivity contribution is 5.94. The molecule has 1 heterocycles. The summed E-state index contributed by atoms with van der Waals surface area (Å²) >= 11 is 0. The predicted molar refractivity (Wildman–Crippen MR) is 114 cm³/mol. The fraction of sp³-hybridized carbons (Fsp3) is 0.391. The molecule has 1 N–H and O–H groups in total. The van der Waals surface area contributed by atoms with Crippen LogP contribution in [0.4, 0.5) is 10.1 Å². The van der Waals surface area contributed by atoms with Crippen molar-refractivity contribution in [3.8, 4) is 5.75 Å². The average Bonchev–Trinajstić information content (AvgIpc) is 2.70. The molecule has 1 aliphatic rings. The van der Waals surface area contributed by atoms with Crippen LogP contribution in [-0.4, -0.2) is 60.8 Å². The van der Waals surface area contributed by atoms with Crippen molar-refractivity contribution in [1.29, 1.82) is 0 Å². The summed E-state index contributed by atoms with van der Waals surface area (Å²) in [7, 11) is 0. The van der Waals surface area contributed by atoms with Crippen LogP contribution in [0.3, 0.4) is 0 Å². The van der Waals surface area contributed by atoms with Crippen LogP contribution in [0.2, 0.25) is 0 Å². The average molecular weight is 413 g/mol. The van der Waals surface area contributed by atoms with E-state index in [1.807, 2.05) is 19.1 Å². The Kier molecular flexibility index (Phi) is 7.54. The molecule has 0 bridgehead atoms. The number of ketones is 1. The van der Waals surface area contributed by atoms with Gasteiger partial charge in [0.15, 0.2) is 5.78 Å². The van der Waals surface area contributed by atoms with E-state index >= 15 is 0 Å². The maximum absolute atomic E-state index is 13.2. The van der Waals surface area contributed by atoms with E-state index < -0.39 is 0 Å². The predicted octanol–water partition coefficient (Wildman–Crippen LogP) is 3.18. The molecule has 30 heavy (non-hydrogen) atoms. The number of carbonyl (C=O) groups is 2. The molecule has 0 spiro atoms. The van der Waals surface area contributed by atoms with E-state index in [1.54, 1.807) is 25.1 Å². The van der Waals surface area contributed by atoms with Crippen LogP contribution in [0.5, 0.6) is 5.75 Å². The zero-order valence-corrected chi connectivity index (χ0v) is 17.5. The van der Waals surface area contributed by atoms with E-state index in [1.165, 1.54) is 12.1 Å². The molecule has 0 atom stereocenters. The number of anilines is 1. The highest BCUT2D eigenvalue weighted by Gasteiger charge is 2.20. The molecule has 160 valence electrons. The van der Waals surface area contributed by atoms with Crippen molar-refractivity contribution >= 4 is 17.4 Å². The van der Waals surface area contributed by atoms with Gasteiger partial charge in [-0.3, -0.25) is 19.4 Å². The Hall–Kier alpha value is -2.77. The lowest BCUT2D eigenvalue weighted by Gasteiger charge is -2.34. The van der Waals surface area contributed by atoms with Crippen molar-refractivity contribution in [1.82, 2.24) is 9.80 Å². The highest BCUT2D eigenvalue weighted by Crippen LogP contribution is 2.23. The molecule has 0 saturated carbocycles. The van der Waals surface area contributed by atoms with E-state index in [0.717, 1.165) is 37.5 Å². The molecule has 1 amide bonds. The lowest BCUT2D eigenvalue weighted by Crippen LogP contribution is -2.48. The zero-order chi connectivity index (χ0) is 21.5. The zero-order valence-electron chi connectivity index (χ0n) is 17.5. The summed E-state index contributed by atoms with van der Waals surface area (Å²) in [6.45, 7) is 8.17. The summed E-state index contributed by atoms with van der Waals surface area (Å²) < 4.78 is 19.0. The molecule has 2 aromatic rings. The molecule has 0 radical (unpaired) electrons. The normalized spacial score (nSPS) is 15.0. The van der Waals surface area contributed by atoms with Gasteiger partial charge in [0, 0.05) is 49.5 Å². The number of ether oxygens (including phenoxy) is 1. The standard InChI is InChI=1S/C23H28FN3O3/c1-3-30-22-8-7-18(17(2)28)13-19(22)15-26-9-11-27(12-10-26)16-23(29)25-21-6-4-5-20(24)14-21/h4-8,13-14H,3,9-12,15-16H2,1-2H3,(H,25,29). The Morgan fingerprint density at radius 2 is 1.80 bits per heavy atom. The molecule has 6 nitrogen and oxygen atoms in total. The number of nitrogens with one attached hydrogen (secondary N) is 1. The maximum Gasteiger partial charge on any atom is 0.238 e. The molecule has 2 aromatic carbocycles. The Labute approximate surface area is 176 Å². The van der Waals surface area contributed by atoms with E-state index in [-0.39, 0.29) is 24.1 Å². The minimum atomic E-state index is -0.373. The monoisotopic (exact) mass is 413 g/mol. The number of hydrogen-bond donors (Lipinski definition) is 1. The number of halogens is 1. The van der Waals surface area contributed by atoms with Gasteiger partial charge in [0.25, 0.3) is 0 Å². The summed E-state index contributed by atoms with van der Waals surface area (Å²) in [5.41, 5.74) is 2.15. The lowest BCUT2D eigenvalue weighted by molar-refractivity contribution is -0.117. The van der Waals surface area contributed by atoms with Crippen LogP contribution in [0, 0.1) is 5.82 Å². The molecule has 3 rings (SSSR count). The van der Waals surface area contributed by atoms with Gasteiger partial charge in [0.2, 0.25) is 5.91 Å². The molecule has 1 fully saturated rings. The first-order valence-electron chi connectivity index (χ1n) is 10.2. The van der Waals surface area contributed by atoms with Crippen LogP contribution in [0.1, 0.15) is 29.8 Å².